The molecule has 0 aliphatic heterocycles. The Bertz CT molecular complexity index is 933. The van der Waals surface area contributed by atoms with Gasteiger partial charge in [0.2, 0.25) is 0 Å². The summed E-state index contributed by atoms with van der Waals surface area (Å²) in [5.41, 5.74) is 3.20. The number of amides is 1. The molecule has 140 valence electrons. The molecule has 3 aromatic rings. The van der Waals surface area contributed by atoms with Crippen molar-refractivity contribution in [2.45, 2.75) is 33.4 Å². The van der Waals surface area contributed by atoms with Crippen LogP contribution in [0.3, 0.4) is 0 Å². The van der Waals surface area contributed by atoms with E-state index in [1.165, 1.54) is 0 Å². The van der Waals surface area contributed by atoms with Crippen molar-refractivity contribution in [1.82, 2.24) is 10.5 Å². The van der Waals surface area contributed by atoms with Crippen LogP contribution in [0.25, 0.3) is 0 Å². The molecule has 1 unspecified atom stereocenters. The summed E-state index contributed by atoms with van der Waals surface area (Å²) in [5.74, 6) is 1.06. The van der Waals surface area contributed by atoms with Crippen molar-refractivity contribution in [2.75, 3.05) is 0 Å². The van der Waals surface area contributed by atoms with E-state index in [2.05, 4.69) is 26.4 Å². The van der Waals surface area contributed by atoms with E-state index in [0.29, 0.717) is 17.9 Å². The van der Waals surface area contributed by atoms with E-state index in [-0.39, 0.29) is 11.9 Å². The number of benzene rings is 2. The number of aryl methyl sites for hydroxylation is 2. The molecule has 0 aliphatic carbocycles. The van der Waals surface area contributed by atoms with E-state index in [9.17, 15) is 4.79 Å². The van der Waals surface area contributed by atoms with Crippen LogP contribution >= 0.6 is 15.9 Å². The minimum atomic E-state index is -0.183. The van der Waals surface area contributed by atoms with Crippen LogP contribution in [0, 0.1) is 13.8 Å². The summed E-state index contributed by atoms with van der Waals surface area (Å²) in [5, 5.41) is 6.95. The number of hydrogen-bond donors (Lipinski definition) is 1. The Hall–Kier alpha value is -2.60. The highest BCUT2D eigenvalue weighted by Crippen LogP contribution is 2.23. The van der Waals surface area contributed by atoms with Crippen molar-refractivity contribution in [3.63, 3.8) is 0 Å². The van der Waals surface area contributed by atoms with Crippen LogP contribution in [-0.2, 0) is 6.61 Å². The molecule has 2 aromatic carbocycles. The number of carbonyl (C=O) groups is 1. The molecule has 3 rings (SSSR count). The van der Waals surface area contributed by atoms with Gasteiger partial charge in [0.15, 0.2) is 0 Å². The first-order valence-corrected chi connectivity index (χ1v) is 9.45. The number of nitrogens with one attached hydrogen (secondary N) is 1. The van der Waals surface area contributed by atoms with Crippen molar-refractivity contribution in [2.24, 2.45) is 0 Å². The zero-order valence-corrected chi connectivity index (χ0v) is 17.0. The summed E-state index contributed by atoms with van der Waals surface area (Å²) in [4.78, 5) is 12.8. The average molecular weight is 429 g/mol. The van der Waals surface area contributed by atoms with Gasteiger partial charge in [0.25, 0.3) is 5.91 Å². The Morgan fingerprint density at radius 1 is 1.22 bits per heavy atom. The zero-order chi connectivity index (χ0) is 19.4. The number of para-hydroxylation sites is 1. The standard InChI is InChI=1S/C21H21BrN2O3/c1-13(16-7-6-8-17(22)11-16)23-21(25)18-9-4-5-10-20(18)26-12-19-14(2)24-27-15(19)3/h4-11,13H,12H2,1-3H3,(H,23,25). The lowest BCUT2D eigenvalue weighted by atomic mass is 10.1. The number of aromatic nitrogens is 1. The molecule has 1 amide bonds. The van der Waals surface area contributed by atoms with Gasteiger partial charge in [-0.1, -0.05) is 45.4 Å². The molecule has 1 atom stereocenters. The fourth-order valence-electron chi connectivity index (χ4n) is 2.77. The number of hydrogen-bond acceptors (Lipinski definition) is 4. The molecular formula is C21H21BrN2O3. The van der Waals surface area contributed by atoms with Gasteiger partial charge in [0.1, 0.15) is 18.1 Å². The quantitative estimate of drug-likeness (QED) is 0.591. The van der Waals surface area contributed by atoms with Gasteiger partial charge >= 0.3 is 0 Å². The third kappa shape index (κ3) is 4.57. The maximum Gasteiger partial charge on any atom is 0.255 e. The van der Waals surface area contributed by atoms with Crippen LogP contribution in [0.1, 0.15) is 45.9 Å². The van der Waals surface area contributed by atoms with E-state index >= 15 is 0 Å². The van der Waals surface area contributed by atoms with Gasteiger partial charge in [-0.2, -0.15) is 0 Å². The van der Waals surface area contributed by atoms with Gasteiger partial charge in [-0.3, -0.25) is 4.79 Å². The highest BCUT2D eigenvalue weighted by molar-refractivity contribution is 9.10. The smallest absolute Gasteiger partial charge is 0.255 e. The Kier molecular flexibility index (Phi) is 5.96. The molecule has 1 N–H and O–H groups in total. The fourth-order valence-corrected chi connectivity index (χ4v) is 3.19. The van der Waals surface area contributed by atoms with Crippen LogP contribution in [-0.4, -0.2) is 11.1 Å². The molecule has 0 saturated carbocycles. The lowest BCUT2D eigenvalue weighted by Crippen LogP contribution is -2.27. The highest BCUT2D eigenvalue weighted by atomic mass is 79.9. The van der Waals surface area contributed by atoms with Crippen molar-refractivity contribution < 1.29 is 14.1 Å². The van der Waals surface area contributed by atoms with E-state index < -0.39 is 0 Å². The van der Waals surface area contributed by atoms with Crippen LogP contribution in [0.2, 0.25) is 0 Å². The molecule has 27 heavy (non-hydrogen) atoms. The minimum Gasteiger partial charge on any atom is -0.488 e. The molecule has 0 saturated heterocycles. The number of nitrogens with zero attached hydrogens (tertiary/aromatic N) is 1. The summed E-state index contributed by atoms with van der Waals surface area (Å²) in [7, 11) is 0. The second-order valence-electron chi connectivity index (χ2n) is 6.34. The van der Waals surface area contributed by atoms with Gasteiger partial charge in [-0.15, -0.1) is 0 Å². The largest absolute Gasteiger partial charge is 0.488 e. The van der Waals surface area contributed by atoms with Crippen molar-refractivity contribution in [1.29, 1.82) is 0 Å². The van der Waals surface area contributed by atoms with Gasteiger partial charge in [-0.05, 0) is 50.6 Å². The summed E-state index contributed by atoms with van der Waals surface area (Å²) in [6.45, 7) is 5.96. The lowest BCUT2D eigenvalue weighted by molar-refractivity contribution is 0.0935. The first-order valence-electron chi connectivity index (χ1n) is 8.65. The predicted octanol–water partition coefficient (Wildman–Crippen LogP) is 5.12. The summed E-state index contributed by atoms with van der Waals surface area (Å²) < 4.78 is 12.0. The predicted molar refractivity (Wildman–Crippen MR) is 107 cm³/mol. The summed E-state index contributed by atoms with van der Waals surface area (Å²) in [6, 6.07) is 14.9. The van der Waals surface area contributed by atoms with E-state index in [0.717, 1.165) is 27.1 Å². The average Bonchev–Trinajstić information content (AvgIpc) is 2.98. The third-order valence-corrected chi connectivity index (χ3v) is 4.87. The normalized spacial score (nSPS) is 11.9. The van der Waals surface area contributed by atoms with Gasteiger partial charge in [0.05, 0.1) is 22.9 Å². The molecule has 0 fully saturated rings. The minimum absolute atomic E-state index is 0.134. The van der Waals surface area contributed by atoms with Crippen LogP contribution in [0.5, 0.6) is 5.75 Å². The maximum absolute atomic E-state index is 12.8. The van der Waals surface area contributed by atoms with Crippen LogP contribution in [0.4, 0.5) is 0 Å². The molecule has 1 heterocycles. The van der Waals surface area contributed by atoms with Gasteiger partial charge in [0, 0.05) is 4.47 Å². The van der Waals surface area contributed by atoms with E-state index in [4.69, 9.17) is 9.26 Å². The molecule has 0 spiro atoms. The van der Waals surface area contributed by atoms with Crippen LogP contribution in [0.15, 0.2) is 57.5 Å². The molecular weight excluding hydrogens is 408 g/mol. The van der Waals surface area contributed by atoms with Crippen molar-refractivity contribution in [3.8, 4) is 5.75 Å². The number of rotatable bonds is 6. The monoisotopic (exact) mass is 428 g/mol. The number of halogens is 1. The summed E-state index contributed by atoms with van der Waals surface area (Å²) >= 11 is 3.46. The second-order valence-corrected chi connectivity index (χ2v) is 7.25. The Balaban J connectivity index is 1.73. The van der Waals surface area contributed by atoms with Crippen molar-refractivity contribution in [3.05, 3.63) is 81.1 Å². The summed E-state index contributed by atoms with van der Waals surface area (Å²) in [6.07, 6.45) is 0. The molecule has 0 radical (unpaired) electrons. The first-order chi connectivity index (χ1) is 13.0. The lowest BCUT2D eigenvalue weighted by Gasteiger charge is -2.16. The molecule has 6 heteroatoms. The zero-order valence-electron chi connectivity index (χ0n) is 15.5. The SMILES string of the molecule is Cc1noc(C)c1COc1ccccc1C(=O)NC(C)c1cccc(Br)c1. The topological polar surface area (TPSA) is 64.4 Å². The van der Waals surface area contributed by atoms with Gasteiger partial charge in [-0.25, -0.2) is 0 Å². The maximum atomic E-state index is 12.8. The molecule has 1 aromatic heterocycles. The Morgan fingerprint density at radius 2 is 2.00 bits per heavy atom. The third-order valence-electron chi connectivity index (χ3n) is 4.38. The molecule has 5 nitrogen and oxygen atoms in total. The molecule has 0 aliphatic rings. The number of carbonyl (C=O) groups excluding carboxylic acids is 1. The van der Waals surface area contributed by atoms with Gasteiger partial charge < -0.3 is 14.6 Å². The molecule has 0 bridgehead atoms. The Labute approximate surface area is 166 Å². The van der Waals surface area contributed by atoms with Crippen LogP contribution < -0.4 is 10.1 Å². The van der Waals surface area contributed by atoms with E-state index in [1.807, 2.05) is 57.2 Å². The Morgan fingerprint density at radius 3 is 2.70 bits per heavy atom. The second kappa shape index (κ2) is 8.39. The number of ether oxygens (including phenoxy) is 1. The van der Waals surface area contributed by atoms with Crippen molar-refractivity contribution >= 4 is 21.8 Å². The first kappa shape index (κ1) is 19.2. The highest BCUT2D eigenvalue weighted by Gasteiger charge is 2.17. The van der Waals surface area contributed by atoms with E-state index in [1.54, 1.807) is 12.1 Å². The fraction of sp³-hybridized carbons (Fsp3) is 0.238.